The van der Waals surface area contributed by atoms with E-state index in [2.05, 4.69) is 0 Å². The van der Waals surface area contributed by atoms with E-state index in [0.29, 0.717) is 22.8 Å². The van der Waals surface area contributed by atoms with E-state index in [1.807, 2.05) is 6.92 Å². The molecule has 0 aliphatic carbocycles. The number of hydrogen-bond acceptors (Lipinski definition) is 4. The standard InChI is InChI=1S/C12H12O4/c1-4-9-7-5-10(14-2)11(15-3)6-8(7)12(13)16-9/h4-6H,1-3H3/b9-4-. The average Bonchev–Trinajstić information content (AvgIpc) is 2.63. The molecule has 16 heavy (non-hydrogen) atoms. The summed E-state index contributed by atoms with van der Waals surface area (Å²) in [6, 6.07) is 3.38. The Morgan fingerprint density at radius 2 is 1.69 bits per heavy atom. The lowest BCUT2D eigenvalue weighted by Gasteiger charge is -2.08. The Bertz CT molecular complexity index is 474. The van der Waals surface area contributed by atoms with Crippen LogP contribution in [0.4, 0.5) is 0 Å². The molecule has 0 unspecified atom stereocenters. The third-order valence-corrected chi connectivity index (χ3v) is 2.47. The molecule has 1 aliphatic heterocycles. The minimum atomic E-state index is -0.357. The highest BCUT2D eigenvalue weighted by Gasteiger charge is 2.28. The lowest BCUT2D eigenvalue weighted by atomic mass is 10.1. The Hall–Kier alpha value is -1.97. The van der Waals surface area contributed by atoms with Crippen molar-refractivity contribution in [3.05, 3.63) is 29.3 Å². The number of carbonyl (C=O) groups is 1. The zero-order chi connectivity index (χ0) is 11.7. The van der Waals surface area contributed by atoms with Gasteiger partial charge in [0.15, 0.2) is 11.5 Å². The van der Waals surface area contributed by atoms with Gasteiger partial charge in [0.1, 0.15) is 5.76 Å². The van der Waals surface area contributed by atoms with E-state index in [1.165, 1.54) is 7.11 Å². The van der Waals surface area contributed by atoms with E-state index in [0.717, 1.165) is 5.56 Å². The number of carbonyl (C=O) groups excluding carboxylic acids is 1. The van der Waals surface area contributed by atoms with Gasteiger partial charge in [-0.1, -0.05) is 0 Å². The molecular formula is C12H12O4. The summed E-state index contributed by atoms with van der Waals surface area (Å²) in [5, 5.41) is 0. The van der Waals surface area contributed by atoms with Gasteiger partial charge >= 0.3 is 5.97 Å². The molecule has 0 saturated carbocycles. The maximum absolute atomic E-state index is 11.5. The topological polar surface area (TPSA) is 44.8 Å². The molecule has 0 aromatic heterocycles. The van der Waals surface area contributed by atoms with E-state index in [9.17, 15) is 4.79 Å². The Kier molecular flexibility index (Phi) is 2.56. The summed E-state index contributed by atoms with van der Waals surface area (Å²) in [6.07, 6.45) is 1.75. The molecule has 4 nitrogen and oxygen atoms in total. The number of benzene rings is 1. The van der Waals surface area contributed by atoms with Gasteiger partial charge in [-0.25, -0.2) is 4.79 Å². The maximum atomic E-state index is 11.5. The van der Waals surface area contributed by atoms with Crippen molar-refractivity contribution in [1.29, 1.82) is 0 Å². The average molecular weight is 220 g/mol. The smallest absolute Gasteiger partial charge is 0.344 e. The minimum Gasteiger partial charge on any atom is -0.493 e. The normalized spacial score (nSPS) is 15.9. The molecule has 0 saturated heterocycles. The number of rotatable bonds is 2. The van der Waals surface area contributed by atoms with E-state index in [4.69, 9.17) is 14.2 Å². The molecule has 0 spiro atoms. The summed E-state index contributed by atoms with van der Waals surface area (Å²) in [5.74, 6) is 1.31. The second-order valence-corrected chi connectivity index (χ2v) is 3.30. The highest BCUT2D eigenvalue weighted by atomic mass is 16.5. The van der Waals surface area contributed by atoms with Crippen molar-refractivity contribution in [2.24, 2.45) is 0 Å². The van der Waals surface area contributed by atoms with Crippen LogP contribution >= 0.6 is 0 Å². The van der Waals surface area contributed by atoms with Gasteiger partial charge in [0, 0.05) is 5.56 Å². The fraction of sp³-hybridized carbons (Fsp3) is 0.250. The van der Waals surface area contributed by atoms with Crippen LogP contribution in [0.2, 0.25) is 0 Å². The summed E-state index contributed by atoms with van der Waals surface area (Å²) >= 11 is 0. The third-order valence-electron chi connectivity index (χ3n) is 2.47. The van der Waals surface area contributed by atoms with Crippen LogP contribution in [0.25, 0.3) is 5.76 Å². The Morgan fingerprint density at radius 3 is 2.19 bits per heavy atom. The minimum absolute atomic E-state index is 0.357. The predicted molar refractivity (Wildman–Crippen MR) is 58.6 cm³/mol. The third kappa shape index (κ3) is 1.43. The van der Waals surface area contributed by atoms with E-state index in [1.54, 1.807) is 25.3 Å². The fourth-order valence-corrected chi connectivity index (χ4v) is 1.68. The van der Waals surface area contributed by atoms with Gasteiger partial charge in [0.05, 0.1) is 19.8 Å². The molecule has 0 fully saturated rings. The molecule has 0 amide bonds. The quantitative estimate of drug-likeness (QED) is 0.717. The molecule has 1 heterocycles. The Labute approximate surface area is 93.4 Å². The Balaban J connectivity index is 2.63. The van der Waals surface area contributed by atoms with Crippen LogP contribution in [0.15, 0.2) is 18.2 Å². The number of fused-ring (bicyclic) bond motifs is 1. The molecule has 0 N–H and O–H groups in total. The highest BCUT2D eigenvalue weighted by molar-refractivity contribution is 6.03. The summed E-state index contributed by atoms with van der Waals surface area (Å²) in [5.41, 5.74) is 1.25. The lowest BCUT2D eigenvalue weighted by Crippen LogP contribution is -1.96. The van der Waals surface area contributed by atoms with Crippen molar-refractivity contribution in [3.63, 3.8) is 0 Å². The molecule has 1 aromatic carbocycles. The second-order valence-electron chi connectivity index (χ2n) is 3.30. The van der Waals surface area contributed by atoms with Gasteiger partial charge in [-0.15, -0.1) is 0 Å². The number of methoxy groups -OCH3 is 2. The highest BCUT2D eigenvalue weighted by Crippen LogP contribution is 2.38. The molecule has 1 aromatic rings. The zero-order valence-electron chi connectivity index (χ0n) is 9.37. The van der Waals surface area contributed by atoms with Crippen molar-refractivity contribution in [2.45, 2.75) is 6.92 Å². The number of ether oxygens (including phenoxy) is 3. The van der Waals surface area contributed by atoms with Crippen molar-refractivity contribution >= 4 is 11.7 Å². The van der Waals surface area contributed by atoms with Gasteiger partial charge in [-0.3, -0.25) is 0 Å². The maximum Gasteiger partial charge on any atom is 0.344 e. The van der Waals surface area contributed by atoms with Gasteiger partial charge in [0.25, 0.3) is 0 Å². The molecule has 84 valence electrons. The SMILES string of the molecule is C/C=C1\OC(=O)c2cc(OC)c(OC)cc21. The van der Waals surface area contributed by atoms with Crippen molar-refractivity contribution < 1.29 is 19.0 Å². The van der Waals surface area contributed by atoms with E-state index < -0.39 is 0 Å². The monoisotopic (exact) mass is 220 g/mol. The Morgan fingerprint density at radius 1 is 1.12 bits per heavy atom. The molecule has 2 rings (SSSR count). The second kappa shape index (κ2) is 3.89. The van der Waals surface area contributed by atoms with Crippen LogP contribution in [-0.4, -0.2) is 20.2 Å². The summed E-state index contributed by atoms with van der Waals surface area (Å²) in [6.45, 7) is 1.81. The van der Waals surface area contributed by atoms with Crippen LogP contribution in [-0.2, 0) is 4.74 Å². The first-order chi connectivity index (χ1) is 7.71. The number of cyclic esters (lactones) is 1. The lowest BCUT2D eigenvalue weighted by molar-refractivity contribution is 0.0715. The number of hydrogen-bond donors (Lipinski definition) is 0. The molecule has 0 atom stereocenters. The fourth-order valence-electron chi connectivity index (χ4n) is 1.68. The number of allylic oxidation sites excluding steroid dienone is 1. The molecule has 0 radical (unpaired) electrons. The molecule has 1 aliphatic rings. The molecular weight excluding hydrogens is 208 g/mol. The van der Waals surface area contributed by atoms with Gasteiger partial charge in [-0.05, 0) is 25.1 Å². The van der Waals surface area contributed by atoms with Gasteiger partial charge < -0.3 is 14.2 Å². The predicted octanol–water partition coefficient (Wildman–Crippen LogP) is 2.24. The molecule has 0 bridgehead atoms. The van der Waals surface area contributed by atoms with E-state index >= 15 is 0 Å². The van der Waals surface area contributed by atoms with Crippen LogP contribution in [0.3, 0.4) is 0 Å². The number of esters is 1. The van der Waals surface area contributed by atoms with E-state index in [-0.39, 0.29) is 5.97 Å². The van der Waals surface area contributed by atoms with Crippen LogP contribution in [0.5, 0.6) is 11.5 Å². The van der Waals surface area contributed by atoms with Crippen LogP contribution in [0, 0.1) is 0 Å². The summed E-state index contributed by atoms with van der Waals surface area (Å²) in [7, 11) is 3.08. The first kappa shape index (κ1) is 10.5. The van der Waals surface area contributed by atoms with Crippen LogP contribution in [0.1, 0.15) is 22.8 Å². The van der Waals surface area contributed by atoms with Crippen LogP contribution < -0.4 is 9.47 Å². The summed E-state index contributed by atoms with van der Waals surface area (Å²) < 4.78 is 15.4. The molecule has 4 heteroatoms. The van der Waals surface area contributed by atoms with Crippen molar-refractivity contribution in [2.75, 3.05) is 14.2 Å². The van der Waals surface area contributed by atoms with Gasteiger partial charge in [-0.2, -0.15) is 0 Å². The summed E-state index contributed by atoms with van der Waals surface area (Å²) in [4.78, 5) is 11.5. The van der Waals surface area contributed by atoms with Gasteiger partial charge in [0.2, 0.25) is 0 Å². The first-order valence-electron chi connectivity index (χ1n) is 4.86. The van der Waals surface area contributed by atoms with Crippen molar-refractivity contribution in [3.8, 4) is 11.5 Å². The zero-order valence-corrected chi connectivity index (χ0v) is 9.37. The first-order valence-corrected chi connectivity index (χ1v) is 4.86. The largest absolute Gasteiger partial charge is 0.493 e. The van der Waals surface area contributed by atoms with Crippen molar-refractivity contribution in [1.82, 2.24) is 0 Å².